The van der Waals surface area contributed by atoms with Crippen LogP contribution in [0.15, 0.2) is 24.3 Å². The van der Waals surface area contributed by atoms with Crippen LogP contribution in [-0.4, -0.2) is 41.7 Å². The van der Waals surface area contributed by atoms with E-state index in [2.05, 4.69) is 0 Å². The summed E-state index contributed by atoms with van der Waals surface area (Å²) in [7, 11) is 0. The van der Waals surface area contributed by atoms with E-state index in [4.69, 9.17) is 4.74 Å². The molecule has 4 heteroatoms. The lowest BCUT2D eigenvalue weighted by Crippen LogP contribution is -2.36. The second kappa shape index (κ2) is 5.87. The molecule has 98 valence electrons. The molecule has 1 atom stereocenters. The first-order valence-electron chi connectivity index (χ1n) is 6.32. The molecule has 1 aliphatic rings. The maximum Gasteiger partial charge on any atom is 0.227 e. The highest BCUT2D eigenvalue weighted by Crippen LogP contribution is 2.13. The molecule has 1 N–H and O–H groups in total. The highest BCUT2D eigenvalue weighted by atomic mass is 16.5. The first-order valence-corrected chi connectivity index (χ1v) is 6.32. The summed E-state index contributed by atoms with van der Waals surface area (Å²) in [4.78, 5) is 14.0. The van der Waals surface area contributed by atoms with Crippen LogP contribution in [0.5, 0.6) is 5.75 Å². The molecule has 0 saturated carbocycles. The van der Waals surface area contributed by atoms with Crippen molar-refractivity contribution >= 4 is 5.91 Å². The van der Waals surface area contributed by atoms with Crippen molar-refractivity contribution in [2.75, 3.05) is 19.7 Å². The predicted octanol–water partition coefficient (Wildman–Crippen LogP) is 1.57. The Morgan fingerprint density at radius 1 is 1.56 bits per heavy atom. The van der Waals surface area contributed by atoms with E-state index in [1.807, 2.05) is 17.9 Å². The average Bonchev–Trinajstić information content (AvgIpc) is 2.54. The van der Waals surface area contributed by atoms with Crippen LogP contribution in [0, 0.1) is 0 Å². The van der Waals surface area contributed by atoms with Gasteiger partial charge in [-0.15, -0.1) is 0 Å². The number of nitrogens with zero attached hydrogens (tertiary/aromatic N) is 1. The predicted molar refractivity (Wildman–Crippen MR) is 68.4 cm³/mol. The zero-order valence-electron chi connectivity index (χ0n) is 10.6. The fraction of sp³-hybridized carbons (Fsp3) is 0.500. The van der Waals surface area contributed by atoms with Crippen LogP contribution < -0.4 is 0 Å². The van der Waals surface area contributed by atoms with Gasteiger partial charge >= 0.3 is 0 Å². The molecular weight excluding hydrogens is 230 g/mol. The topological polar surface area (TPSA) is 49.8 Å². The molecule has 0 aliphatic carbocycles. The Balaban J connectivity index is 1.98. The highest BCUT2D eigenvalue weighted by Gasteiger charge is 2.19. The lowest BCUT2D eigenvalue weighted by molar-refractivity contribution is -0.131. The van der Waals surface area contributed by atoms with E-state index in [1.54, 1.807) is 18.2 Å². The Hall–Kier alpha value is -1.55. The molecule has 1 saturated heterocycles. The van der Waals surface area contributed by atoms with E-state index in [0.29, 0.717) is 13.0 Å². The number of phenolic OH excluding ortho intramolecular Hbond substituents is 1. The first-order chi connectivity index (χ1) is 8.65. The third-order valence-corrected chi connectivity index (χ3v) is 3.07. The van der Waals surface area contributed by atoms with Crippen LogP contribution >= 0.6 is 0 Å². The number of amides is 1. The summed E-state index contributed by atoms with van der Waals surface area (Å²) >= 11 is 0. The number of carbonyl (C=O) groups excluding carboxylic acids is 1. The maximum atomic E-state index is 12.2. The molecule has 1 amide bonds. The summed E-state index contributed by atoms with van der Waals surface area (Å²) in [6, 6.07) is 6.85. The van der Waals surface area contributed by atoms with Gasteiger partial charge in [0.05, 0.1) is 12.5 Å². The van der Waals surface area contributed by atoms with Crippen molar-refractivity contribution in [3.05, 3.63) is 29.8 Å². The van der Waals surface area contributed by atoms with Gasteiger partial charge in [0.25, 0.3) is 0 Å². The molecule has 0 spiro atoms. The van der Waals surface area contributed by atoms with Gasteiger partial charge in [0.1, 0.15) is 5.75 Å². The highest BCUT2D eigenvalue weighted by molar-refractivity contribution is 5.79. The van der Waals surface area contributed by atoms with Crippen molar-refractivity contribution in [2.24, 2.45) is 0 Å². The number of ether oxygens (including phenoxy) is 1. The Kier molecular flexibility index (Phi) is 4.20. The van der Waals surface area contributed by atoms with E-state index >= 15 is 0 Å². The van der Waals surface area contributed by atoms with Crippen molar-refractivity contribution < 1.29 is 14.6 Å². The normalized spacial score (nSPS) is 20.5. The molecule has 1 aromatic rings. The largest absolute Gasteiger partial charge is 0.508 e. The van der Waals surface area contributed by atoms with Crippen molar-refractivity contribution in [2.45, 2.75) is 25.9 Å². The van der Waals surface area contributed by atoms with E-state index in [1.165, 1.54) is 0 Å². The van der Waals surface area contributed by atoms with Crippen LogP contribution in [-0.2, 0) is 16.0 Å². The fourth-order valence-electron chi connectivity index (χ4n) is 2.17. The van der Waals surface area contributed by atoms with Crippen LogP contribution in [0.3, 0.4) is 0 Å². The SMILES string of the molecule is CC1CN(C(=O)Cc2cccc(O)c2)CCCO1. The van der Waals surface area contributed by atoms with Crippen molar-refractivity contribution in [3.63, 3.8) is 0 Å². The minimum Gasteiger partial charge on any atom is -0.508 e. The van der Waals surface area contributed by atoms with E-state index in [0.717, 1.165) is 25.1 Å². The average molecular weight is 249 g/mol. The molecule has 1 unspecified atom stereocenters. The van der Waals surface area contributed by atoms with Crippen LogP contribution in [0.4, 0.5) is 0 Å². The zero-order chi connectivity index (χ0) is 13.0. The van der Waals surface area contributed by atoms with Gasteiger partial charge in [-0.05, 0) is 31.0 Å². The third-order valence-electron chi connectivity index (χ3n) is 3.07. The minimum atomic E-state index is 0.0953. The number of rotatable bonds is 2. The standard InChI is InChI=1S/C14H19NO3/c1-11-10-15(6-3-7-18-11)14(17)9-12-4-2-5-13(16)8-12/h2,4-5,8,11,16H,3,6-7,9-10H2,1H3. The second-order valence-corrected chi connectivity index (χ2v) is 4.72. The molecule has 18 heavy (non-hydrogen) atoms. The Bertz CT molecular complexity index is 419. The zero-order valence-corrected chi connectivity index (χ0v) is 10.6. The molecule has 1 aliphatic heterocycles. The first kappa shape index (κ1) is 12.9. The van der Waals surface area contributed by atoms with Crippen LogP contribution in [0.2, 0.25) is 0 Å². The van der Waals surface area contributed by atoms with Crippen LogP contribution in [0.25, 0.3) is 0 Å². The monoisotopic (exact) mass is 249 g/mol. The second-order valence-electron chi connectivity index (χ2n) is 4.72. The number of hydrogen-bond acceptors (Lipinski definition) is 3. The van der Waals surface area contributed by atoms with Gasteiger partial charge < -0.3 is 14.7 Å². The van der Waals surface area contributed by atoms with Gasteiger partial charge in [-0.2, -0.15) is 0 Å². The van der Waals surface area contributed by atoms with E-state index in [9.17, 15) is 9.90 Å². The number of benzene rings is 1. The summed E-state index contributed by atoms with van der Waals surface area (Å²) in [5.41, 5.74) is 0.845. The minimum absolute atomic E-state index is 0.0953. The number of phenols is 1. The van der Waals surface area contributed by atoms with Crippen molar-refractivity contribution in [3.8, 4) is 5.75 Å². The van der Waals surface area contributed by atoms with Gasteiger partial charge in [-0.25, -0.2) is 0 Å². The third kappa shape index (κ3) is 3.47. The van der Waals surface area contributed by atoms with Gasteiger partial charge in [-0.1, -0.05) is 12.1 Å². The van der Waals surface area contributed by atoms with Gasteiger partial charge in [0.15, 0.2) is 0 Å². The lowest BCUT2D eigenvalue weighted by atomic mass is 10.1. The van der Waals surface area contributed by atoms with Gasteiger partial charge in [0, 0.05) is 19.7 Å². The summed E-state index contributed by atoms with van der Waals surface area (Å²) in [5.74, 6) is 0.297. The Morgan fingerprint density at radius 3 is 3.17 bits per heavy atom. The van der Waals surface area contributed by atoms with Crippen molar-refractivity contribution in [1.82, 2.24) is 4.90 Å². The lowest BCUT2D eigenvalue weighted by Gasteiger charge is -2.22. The fourth-order valence-corrected chi connectivity index (χ4v) is 2.17. The van der Waals surface area contributed by atoms with Gasteiger partial charge in [0.2, 0.25) is 5.91 Å². The quantitative estimate of drug-likeness (QED) is 0.865. The van der Waals surface area contributed by atoms with Crippen LogP contribution in [0.1, 0.15) is 18.9 Å². The number of carbonyl (C=O) groups is 1. The molecule has 0 aromatic heterocycles. The van der Waals surface area contributed by atoms with Gasteiger partial charge in [-0.3, -0.25) is 4.79 Å². The molecular formula is C14H19NO3. The van der Waals surface area contributed by atoms with E-state index < -0.39 is 0 Å². The molecule has 0 bridgehead atoms. The Morgan fingerprint density at radius 2 is 2.39 bits per heavy atom. The Labute approximate surface area is 107 Å². The molecule has 1 fully saturated rings. The van der Waals surface area contributed by atoms with E-state index in [-0.39, 0.29) is 17.8 Å². The maximum absolute atomic E-state index is 12.2. The molecule has 0 radical (unpaired) electrons. The molecule has 4 nitrogen and oxygen atoms in total. The summed E-state index contributed by atoms with van der Waals surface area (Å²) in [6.07, 6.45) is 1.32. The summed E-state index contributed by atoms with van der Waals surface area (Å²) < 4.78 is 5.52. The molecule has 2 rings (SSSR count). The number of hydrogen-bond donors (Lipinski definition) is 1. The molecule has 1 aromatic carbocycles. The smallest absolute Gasteiger partial charge is 0.227 e. The molecule has 1 heterocycles. The summed E-state index contributed by atoms with van der Waals surface area (Å²) in [5, 5.41) is 9.38. The number of aromatic hydroxyl groups is 1. The van der Waals surface area contributed by atoms with Crippen molar-refractivity contribution in [1.29, 1.82) is 0 Å². The summed E-state index contributed by atoms with van der Waals surface area (Å²) in [6.45, 7) is 4.11.